The molecular weight excluding hydrogens is 458 g/mol. The summed E-state index contributed by atoms with van der Waals surface area (Å²) in [6.07, 6.45) is 12.9. The van der Waals surface area contributed by atoms with Gasteiger partial charge in [-0.15, -0.1) is 0 Å². The van der Waals surface area contributed by atoms with Gasteiger partial charge in [0.15, 0.2) is 0 Å². The molecule has 2 aliphatic rings. The van der Waals surface area contributed by atoms with Gasteiger partial charge in [0.05, 0.1) is 11.4 Å². The highest BCUT2D eigenvalue weighted by Crippen LogP contribution is 2.26. The summed E-state index contributed by atoms with van der Waals surface area (Å²) in [5.74, 6) is 0.725. The summed E-state index contributed by atoms with van der Waals surface area (Å²) in [6.45, 7) is 2.14. The van der Waals surface area contributed by atoms with E-state index in [2.05, 4.69) is 62.0 Å². The monoisotopic (exact) mass is 493 g/mol. The molecule has 2 aromatic heterocycles. The summed E-state index contributed by atoms with van der Waals surface area (Å²) in [4.78, 5) is 11.9. The Labute approximate surface area is 219 Å². The van der Waals surface area contributed by atoms with Gasteiger partial charge in [0, 0.05) is 61.1 Å². The number of aromatic nitrogens is 4. The van der Waals surface area contributed by atoms with E-state index in [0.717, 1.165) is 42.4 Å². The highest BCUT2D eigenvalue weighted by atomic mass is 15.3. The molecule has 6 rings (SSSR count). The van der Waals surface area contributed by atoms with E-state index in [0.29, 0.717) is 18.1 Å². The SMILES string of the molecule is c1ccc(-c2ccnc(NC3CCCCC3N[C@H]3CCCN(c4ccc(-n5cccn5)cc4)C3)n2)cc1. The second kappa shape index (κ2) is 11.1. The highest BCUT2D eigenvalue weighted by molar-refractivity contribution is 5.59. The molecule has 4 aromatic rings. The van der Waals surface area contributed by atoms with Crippen molar-refractivity contribution in [3.63, 3.8) is 0 Å². The fourth-order valence-corrected chi connectivity index (χ4v) is 5.76. The normalized spacial score (nSPS) is 22.1. The number of hydrogen-bond acceptors (Lipinski definition) is 6. The molecule has 190 valence electrons. The third kappa shape index (κ3) is 5.67. The summed E-state index contributed by atoms with van der Waals surface area (Å²) >= 11 is 0. The molecule has 3 heterocycles. The van der Waals surface area contributed by atoms with E-state index < -0.39 is 0 Å². The van der Waals surface area contributed by atoms with Gasteiger partial charge in [-0.1, -0.05) is 43.2 Å². The maximum atomic E-state index is 4.83. The van der Waals surface area contributed by atoms with Crippen LogP contribution in [0.2, 0.25) is 0 Å². The summed E-state index contributed by atoms with van der Waals surface area (Å²) in [5, 5.41) is 12.1. The molecule has 37 heavy (non-hydrogen) atoms. The van der Waals surface area contributed by atoms with Crippen LogP contribution < -0.4 is 15.5 Å². The third-order valence-electron chi connectivity index (χ3n) is 7.66. The Morgan fingerprint density at radius 2 is 1.57 bits per heavy atom. The first-order valence-corrected chi connectivity index (χ1v) is 13.6. The highest BCUT2D eigenvalue weighted by Gasteiger charge is 2.29. The predicted octanol–water partition coefficient (Wildman–Crippen LogP) is 5.31. The van der Waals surface area contributed by atoms with Crippen LogP contribution in [0.25, 0.3) is 16.9 Å². The Hall–Kier alpha value is -3.71. The van der Waals surface area contributed by atoms with E-state index in [1.807, 2.05) is 53.6 Å². The van der Waals surface area contributed by atoms with E-state index in [-0.39, 0.29) is 0 Å². The van der Waals surface area contributed by atoms with Crippen LogP contribution in [0.3, 0.4) is 0 Å². The van der Waals surface area contributed by atoms with Gasteiger partial charge >= 0.3 is 0 Å². The van der Waals surface area contributed by atoms with Crippen molar-refractivity contribution in [2.24, 2.45) is 0 Å². The minimum Gasteiger partial charge on any atom is -0.370 e. The van der Waals surface area contributed by atoms with Crippen molar-refractivity contribution in [1.82, 2.24) is 25.1 Å². The maximum Gasteiger partial charge on any atom is 0.223 e. The fraction of sp³-hybridized carbons (Fsp3) is 0.367. The molecule has 0 radical (unpaired) electrons. The van der Waals surface area contributed by atoms with Gasteiger partial charge < -0.3 is 15.5 Å². The topological polar surface area (TPSA) is 70.9 Å². The van der Waals surface area contributed by atoms with Crippen LogP contribution in [-0.4, -0.2) is 51.0 Å². The Kier molecular flexibility index (Phi) is 7.12. The number of benzene rings is 2. The van der Waals surface area contributed by atoms with Crippen molar-refractivity contribution in [1.29, 1.82) is 0 Å². The van der Waals surface area contributed by atoms with Crippen LogP contribution >= 0.6 is 0 Å². The van der Waals surface area contributed by atoms with Crippen LogP contribution in [0.4, 0.5) is 11.6 Å². The van der Waals surface area contributed by atoms with Gasteiger partial charge in [0.25, 0.3) is 0 Å². The first-order chi connectivity index (χ1) is 18.3. The number of hydrogen-bond donors (Lipinski definition) is 2. The van der Waals surface area contributed by atoms with Gasteiger partial charge in [-0.2, -0.15) is 5.10 Å². The van der Waals surface area contributed by atoms with Crippen molar-refractivity contribution < 1.29 is 0 Å². The summed E-state index contributed by atoms with van der Waals surface area (Å²) < 4.78 is 1.90. The Balaban J connectivity index is 1.10. The number of piperidine rings is 1. The number of anilines is 2. The quantitative estimate of drug-likeness (QED) is 0.364. The van der Waals surface area contributed by atoms with E-state index in [9.17, 15) is 0 Å². The third-order valence-corrected chi connectivity index (χ3v) is 7.66. The number of rotatable bonds is 7. The molecule has 0 bridgehead atoms. The van der Waals surface area contributed by atoms with Gasteiger partial charge in [0.2, 0.25) is 5.95 Å². The van der Waals surface area contributed by atoms with Crippen LogP contribution in [0.5, 0.6) is 0 Å². The second-order valence-electron chi connectivity index (χ2n) is 10.2. The van der Waals surface area contributed by atoms with E-state index in [1.54, 1.807) is 0 Å². The van der Waals surface area contributed by atoms with Crippen LogP contribution in [0.1, 0.15) is 38.5 Å². The van der Waals surface area contributed by atoms with Crippen molar-refractivity contribution >= 4 is 11.6 Å². The Bertz CT molecular complexity index is 1260. The fourth-order valence-electron chi connectivity index (χ4n) is 5.76. The Morgan fingerprint density at radius 3 is 2.38 bits per heavy atom. The summed E-state index contributed by atoms with van der Waals surface area (Å²) in [6, 6.07) is 24.2. The van der Waals surface area contributed by atoms with Crippen LogP contribution in [0.15, 0.2) is 85.3 Å². The first kappa shape index (κ1) is 23.7. The van der Waals surface area contributed by atoms with Crippen molar-refractivity contribution in [2.75, 3.05) is 23.3 Å². The first-order valence-electron chi connectivity index (χ1n) is 13.6. The molecule has 7 nitrogen and oxygen atoms in total. The zero-order valence-corrected chi connectivity index (χ0v) is 21.2. The molecule has 1 saturated carbocycles. The van der Waals surface area contributed by atoms with Gasteiger partial charge in [-0.3, -0.25) is 0 Å². The molecule has 2 N–H and O–H groups in total. The molecule has 0 spiro atoms. The zero-order valence-electron chi connectivity index (χ0n) is 21.2. The molecule has 1 aliphatic heterocycles. The molecule has 3 atom stereocenters. The lowest BCUT2D eigenvalue weighted by Gasteiger charge is -2.40. The largest absolute Gasteiger partial charge is 0.370 e. The second-order valence-corrected chi connectivity index (χ2v) is 10.2. The van der Waals surface area contributed by atoms with E-state index in [4.69, 9.17) is 4.98 Å². The summed E-state index contributed by atoms with van der Waals surface area (Å²) in [5.41, 5.74) is 4.45. The lowest BCUT2D eigenvalue weighted by molar-refractivity contribution is 0.293. The minimum atomic E-state index is 0.337. The van der Waals surface area contributed by atoms with Crippen molar-refractivity contribution in [2.45, 2.75) is 56.7 Å². The van der Waals surface area contributed by atoms with Crippen molar-refractivity contribution in [3.05, 3.63) is 85.3 Å². The minimum absolute atomic E-state index is 0.337. The smallest absolute Gasteiger partial charge is 0.223 e. The number of nitrogens with zero attached hydrogens (tertiary/aromatic N) is 5. The molecule has 2 aromatic carbocycles. The van der Waals surface area contributed by atoms with E-state index in [1.165, 1.54) is 37.8 Å². The average molecular weight is 494 g/mol. The molecule has 1 aliphatic carbocycles. The van der Waals surface area contributed by atoms with Crippen molar-refractivity contribution in [3.8, 4) is 16.9 Å². The lowest BCUT2D eigenvalue weighted by atomic mass is 9.89. The maximum absolute atomic E-state index is 4.83. The standard InChI is InChI=1S/C30H35N7/c1-2-8-23(9-3-1)27-17-19-31-30(34-27)35-29-12-5-4-11-28(29)33-24-10-6-20-36(22-24)25-13-15-26(16-14-25)37-21-7-18-32-37/h1-3,7-9,13-19,21,24,28-29,33H,4-6,10-12,20,22H2,(H,31,34,35)/t24-,28?,29?/m0/s1. The van der Waals surface area contributed by atoms with E-state index >= 15 is 0 Å². The summed E-state index contributed by atoms with van der Waals surface area (Å²) in [7, 11) is 0. The average Bonchev–Trinajstić information content (AvgIpc) is 3.50. The molecule has 1 saturated heterocycles. The van der Waals surface area contributed by atoms with Gasteiger partial charge in [0.1, 0.15) is 0 Å². The van der Waals surface area contributed by atoms with Crippen LogP contribution in [0, 0.1) is 0 Å². The van der Waals surface area contributed by atoms with Gasteiger partial charge in [-0.05, 0) is 62.1 Å². The molecule has 0 amide bonds. The van der Waals surface area contributed by atoms with Crippen LogP contribution in [-0.2, 0) is 0 Å². The number of nitrogens with one attached hydrogen (secondary N) is 2. The molecule has 7 heteroatoms. The molecular formula is C30H35N7. The zero-order chi connectivity index (χ0) is 24.9. The predicted molar refractivity (Wildman–Crippen MR) is 149 cm³/mol. The Morgan fingerprint density at radius 1 is 0.757 bits per heavy atom. The lowest BCUT2D eigenvalue weighted by Crippen LogP contribution is -2.55. The molecule has 2 unspecified atom stereocenters. The molecule has 2 fully saturated rings. The van der Waals surface area contributed by atoms with Gasteiger partial charge in [-0.25, -0.2) is 14.6 Å².